The standard InChI is InChI=1S/C19H26N4O2/c1-16(2)25-18-6-4-17(5-7-18)19(24)22-13-10-21(11-14-22)12-15-23-9-3-8-20-23/h3-9,16H,10-15H2,1-2H3. The van der Waals surface area contributed by atoms with Gasteiger partial charge in [0.25, 0.3) is 5.91 Å². The SMILES string of the molecule is CC(C)Oc1ccc(C(=O)N2CCN(CCn3cccn3)CC2)cc1. The van der Waals surface area contributed by atoms with Crippen LogP contribution in [0, 0.1) is 0 Å². The third-order valence-corrected chi connectivity index (χ3v) is 4.34. The molecular formula is C19H26N4O2. The molecule has 0 N–H and O–H groups in total. The summed E-state index contributed by atoms with van der Waals surface area (Å²) in [7, 11) is 0. The van der Waals surface area contributed by atoms with Crippen LogP contribution in [0.3, 0.4) is 0 Å². The second-order valence-electron chi connectivity index (χ2n) is 6.59. The van der Waals surface area contributed by atoms with Crippen molar-refractivity contribution in [3.63, 3.8) is 0 Å². The van der Waals surface area contributed by atoms with Crippen LogP contribution in [0.2, 0.25) is 0 Å². The molecule has 1 fully saturated rings. The normalized spacial score (nSPS) is 15.6. The zero-order valence-electron chi connectivity index (χ0n) is 15.0. The minimum absolute atomic E-state index is 0.0998. The van der Waals surface area contributed by atoms with Gasteiger partial charge < -0.3 is 9.64 Å². The van der Waals surface area contributed by atoms with Crippen LogP contribution in [-0.2, 0) is 6.54 Å². The average molecular weight is 342 g/mol. The van der Waals surface area contributed by atoms with Crippen molar-refractivity contribution in [1.82, 2.24) is 19.6 Å². The molecule has 134 valence electrons. The first-order valence-corrected chi connectivity index (χ1v) is 8.87. The van der Waals surface area contributed by atoms with E-state index >= 15 is 0 Å². The Morgan fingerprint density at radius 2 is 1.84 bits per heavy atom. The first-order chi connectivity index (χ1) is 12.1. The lowest BCUT2D eigenvalue weighted by molar-refractivity contribution is 0.0632. The monoisotopic (exact) mass is 342 g/mol. The Morgan fingerprint density at radius 1 is 1.12 bits per heavy atom. The number of carbonyl (C=O) groups is 1. The summed E-state index contributed by atoms with van der Waals surface area (Å²) in [6.45, 7) is 9.17. The van der Waals surface area contributed by atoms with E-state index < -0.39 is 0 Å². The van der Waals surface area contributed by atoms with E-state index in [1.54, 1.807) is 6.20 Å². The Morgan fingerprint density at radius 3 is 2.44 bits per heavy atom. The molecule has 1 aromatic carbocycles. The molecule has 1 aromatic heterocycles. The first kappa shape index (κ1) is 17.5. The van der Waals surface area contributed by atoms with E-state index in [9.17, 15) is 4.79 Å². The second-order valence-corrected chi connectivity index (χ2v) is 6.59. The molecule has 0 aliphatic carbocycles. The molecule has 6 heteroatoms. The molecule has 2 heterocycles. The van der Waals surface area contributed by atoms with Crippen LogP contribution in [0.5, 0.6) is 5.75 Å². The highest BCUT2D eigenvalue weighted by Gasteiger charge is 2.22. The van der Waals surface area contributed by atoms with E-state index in [0.29, 0.717) is 0 Å². The van der Waals surface area contributed by atoms with Gasteiger partial charge in [-0.2, -0.15) is 5.10 Å². The summed E-state index contributed by atoms with van der Waals surface area (Å²) in [6, 6.07) is 9.38. The van der Waals surface area contributed by atoms with E-state index in [1.807, 2.05) is 60.0 Å². The van der Waals surface area contributed by atoms with E-state index in [1.165, 1.54) is 0 Å². The quantitative estimate of drug-likeness (QED) is 0.807. The predicted octanol–water partition coefficient (Wildman–Crippen LogP) is 2.13. The minimum atomic E-state index is 0.0998. The second kappa shape index (κ2) is 8.16. The molecule has 1 amide bonds. The van der Waals surface area contributed by atoms with E-state index in [4.69, 9.17) is 4.74 Å². The van der Waals surface area contributed by atoms with Crippen molar-refractivity contribution in [2.24, 2.45) is 0 Å². The van der Waals surface area contributed by atoms with Gasteiger partial charge in [0.05, 0.1) is 12.6 Å². The van der Waals surface area contributed by atoms with E-state index in [-0.39, 0.29) is 12.0 Å². The molecule has 0 bridgehead atoms. The summed E-state index contributed by atoms with van der Waals surface area (Å²) < 4.78 is 7.57. The van der Waals surface area contributed by atoms with Crippen LogP contribution >= 0.6 is 0 Å². The summed E-state index contributed by atoms with van der Waals surface area (Å²) in [5.74, 6) is 0.901. The van der Waals surface area contributed by atoms with Crippen molar-refractivity contribution in [2.75, 3.05) is 32.7 Å². The molecule has 25 heavy (non-hydrogen) atoms. The number of hydrogen-bond donors (Lipinski definition) is 0. The van der Waals surface area contributed by atoms with Crippen LogP contribution in [0.1, 0.15) is 24.2 Å². The molecule has 1 saturated heterocycles. The summed E-state index contributed by atoms with van der Waals surface area (Å²) in [6.07, 6.45) is 3.91. The molecule has 2 aromatic rings. The lowest BCUT2D eigenvalue weighted by Crippen LogP contribution is -2.49. The highest BCUT2D eigenvalue weighted by Crippen LogP contribution is 2.16. The third kappa shape index (κ3) is 4.82. The third-order valence-electron chi connectivity index (χ3n) is 4.34. The fraction of sp³-hybridized carbons (Fsp3) is 0.474. The minimum Gasteiger partial charge on any atom is -0.491 e. The van der Waals surface area contributed by atoms with Gasteiger partial charge >= 0.3 is 0 Å². The van der Waals surface area contributed by atoms with Gasteiger partial charge in [-0.3, -0.25) is 14.4 Å². The summed E-state index contributed by atoms with van der Waals surface area (Å²) in [5, 5.41) is 4.22. The Balaban J connectivity index is 1.47. The maximum atomic E-state index is 12.6. The first-order valence-electron chi connectivity index (χ1n) is 8.87. The number of hydrogen-bond acceptors (Lipinski definition) is 4. The molecule has 6 nitrogen and oxygen atoms in total. The number of ether oxygens (including phenoxy) is 1. The molecule has 0 unspecified atom stereocenters. The van der Waals surface area contributed by atoms with Crippen LogP contribution in [0.4, 0.5) is 0 Å². The molecule has 1 aliphatic heterocycles. The zero-order chi connectivity index (χ0) is 17.6. The Bertz CT molecular complexity index is 659. The van der Waals surface area contributed by atoms with Gasteiger partial charge in [0.15, 0.2) is 0 Å². The lowest BCUT2D eigenvalue weighted by atomic mass is 10.1. The van der Waals surface area contributed by atoms with Crippen molar-refractivity contribution < 1.29 is 9.53 Å². The van der Waals surface area contributed by atoms with Crippen molar-refractivity contribution in [2.45, 2.75) is 26.5 Å². The van der Waals surface area contributed by atoms with Gasteiger partial charge in [0, 0.05) is 50.7 Å². The molecule has 0 radical (unpaired) electrons. The summed E-state index contributed by atoms with van der Waals surface area (Å²) in [5.41, 5.74) is 0.723. The topological polar surface area (TPSA) is 50.6 Å². The summed E-state index contributed by atoms with van der Waals surface area (Å²) >= 11 is 0. The lowest BCUT2D eigenvalue weighted by Gasteiger charge is -2.34. The van der Waals surface area contributed by atoms with Gasteiger partial charge in [0.1, 0.15) is 5.75 Å². The van der Waals surface area contributed by atoms with Crippen LogP contribution in [0.25, 0.3) is 0 Å². The maximum absolute atomic E-state index is 12.6. The maximum Gasteiger partial charge on any atom is 0.253 e. The smallest absolute Gasteiger partial charge is 0.253 e. The summed E-state index contributed by atoms with van der Waals surface area (Å²) in [4.78, 5) is 17.0. The molecule has 1 aliphatic rings. The van der Waals surface area contributed by atoms with Crippen molar-refractivity contribution in [1.29, 1.82) is 0 Å². The van der Waals surface area contributed by atoms with Gasteiger partial charge in [-0.1, -0.05) is 0 Å². The van der Waals surface area contributed by atoms with Gasteiger partial charge in [-0.05, 0) is 44.2 Å². The van der Waals surface area contributed by atoms with Gasteiger partial charge in [-0.25, -0.2) is 0 Å². The molecule has 3 rings (SSSR count). The zero-order valence-corrected chi connectivity index (χ0v) is 15.0. The molecule has 0 atom stereocenters. The van der Waals surface area contributed by atoms with E-state index in [0.717, 1.165) is 50.6 Å². The number of benzene rings is 1. The number of rotatable bonds is 6. The van der Waals surface area contributed by atoms with Crippen molar-refractivity contribution >= 4 is 5.91 Å². The highest BCUT2D eigenvalue weighted by molar-refractivity contribution is 5.94. The van der Waals surface area contributed by atoms with Crippen LogP contribution < -0.4 is 4.74 Å². The Hall–Kier alpha value is -2.34. The number of piperazine rings is 1. The Kier molecular flexibility index (Phi) is 5.71. The number of aromatic nitrogens is 2. The largest absolute Gasteiger partial charge is 0.491 e. The van der Waals surface area contributed by atoms with Gasteiger partial charge in [0.2, 0.25) is 0 Å². The number of carbonyl (C=O) groups excluding carboxylic acids is 1. The van der Waals surface area contributed by atoms with E-state index in [2.05, 4.69) is 10.00 Å². The average Bonchev–Trinajstić information content (AvgIpc) is 3.13. The fourth-order valence-electron chi connectivity index (χ4n) is 2.98. The number of nitrogens with zero attached hydrogens (tertiary/aromatic N) is 4. The predicted molar refractivity (Wildman–Crippen MR) is 96.8 cm³/mol. The van der Waals surface area contributed by atoms with Gasteiger partial charge in [-0.15, -0.1) is 0 Å². The number of amides is 1. The fourth-order valence-corrected chi connectivity index (χ4v) is 2.98. The van der Waals surface area contributed by atoms with Crippen molar-refractivity contribution in [3.05, 3.63) is 48.3 Å². The van der Waals surface area contributed by atoms with Crippen LogP contribution in [0.15, 0.2) is 42.7 Å². The van der Waals surface area contributed by atoms with Crippen LogP contribution in [-0.4, -0.2) is 64.3 Å². The highest BCUT2D eigenvalue weighted by atomic mass is 16.5. The molecule has 0 saturated carbocycles. The Labute approximate surface area is 149 Å². The molecular weight excluding hydrogens is 316 g/mol. The molecule has 0 spiro atoms. The van der Waals surface area contributed by atoms with Crippen molar-refractivity contribution in [3.8, 4) is 5.75 Å².